The molecule has 0 saturated heterocycles. The summed E-state index contributed by atoms with van der Waals surface area (Å²) in [6.45, 7) is 2.02. The van der Waals surface area contributed by atoms with Gasteiger partial charge in [-0.3, -0.25) is 0 Å². The summed E-state index contributed by atoms with van der Waals surface area (Å²) in [4.78, 5) is 4.44. The molecule has 0 spiro atoms. The maximum atomic E-state index is 4.44. The van der Waals surface area contributed by atoms with Gasteiger partial charge in [0.25, 0.3) is 0 Å². The van der Waals surface area contributed by atoms with Gasteiger partial charge in [0.05, 0.1) is 11.0 Å². The molecule has 3 heteroatoms. The first-order valence-electron chi connectivity index (χ1n) is 4.08. The highest BCUT2D eigenvalue weighted by Gasteiger charge is 2.02. The number of imidazole rings is 1. The minimum Gasteiger partial charge on any atom is -0.331 e. The first-order chi connectivity index (χ1) is 5.68. The molecule has 0 atom stereocenters. The van der Waals surface area contributed by atoms with E-state index in [-0.39, 0.29) is 0 Å². The Kier molecular flexibility index (Phi) is 1.46. The molecule has 2 aromatic rings. The average Bonchev–Trinajstić information content (AvgIpc) is 2.28. The van der Waals surface area contributed by atoms with Crippen LogP contribution < -0.4 is 5.46 Å². The quantitative estimate of drug-likeness (QED) is 0.498. The molecule has 0 saturated carbocycles. The molecule has 12 heavy (non-hydrogen) atoms. The lowest BCUT2D eigenvalue weighted by molar-refractivity contribution is 0.886. The van der Waals surface area contributed by atoms with Gasteiger partial charge in [-0.15, -0.1) is 0 Å². The fourth-order valence-corrected chi connectivity index (χ4v) is 1.43. The van der Waals surface area contributed by atoms with E-state index in [1.165, 1.54) is 11.0 Å². The molecule has 0 bridgehead atoms. The Morgan fingerprint density at radius 2 is 2.17 bits per heavy atom. The van der Waals surface area contributed by atoms with E-state index in [0.29, 0.717) is 0 Å². The van der Waals surface area contributed by atoms with E-state index in [9.17, 15) is 0 Å². The standard InChI is InChI=1S/C9H11BN2/c1-6-11-8-5-7(10)3-4-9(8)12(6)2/h3-5H,10H2,1-2H3. The number of nitrogens with zero attached hydrogens (tertiary/aromatic N) is 2. The van der Waals surface area contributed by atoms with Crippen molar-refractivity contribution in [3.05, 3.63) is 24.0 Å². The van der Waals surface area contributed by atoms with E-state index < -0.39 is 0 Å². The molecule has 0 aliphatic carbocycles. The molecule has 0 unspecified atom stereocenters. The molecule has 0 N–H and O–H groups in total. The number of hydrogen-bond acceptors (Lipinski definition) is 1. The van der Waals surface area contributed by atoms with Crippen LogP contribution in [-0.2, 0) is 7.05 Å². The van der Waals surface area contributed by atoms with Crippen LogP contribution >= 0.6 is 0 Å². The molecular formula is C9H11BN2. The number of hydrogen-bond donors (Lipinski definition) is 0. The van der Waals surface area contributed by atoms with Gasteiger partial charge in [-0.25, -0.2) is 4.98 Å². The summed E-state index contributed by atoms with van der Waals surface area (Å²) in [5, 5.41) is 0. The summed E-state index contributed by atoms with van der Waals surface area (Å²) in [5.74, 6) is 1.07. The van der Waals surface area contributed by atoms with E-state index in [1.807, 2.05) is 14.0 Å². The summed E-state index contributed by atoms with van der Waals surface area (Å²) in [7, 11) is 4.13. The lowest BCUT2D eigenvalue weighted by Crippen LogP contribution is -1.99. The topological polar surface area (TPSA) is 17.8 Å². The molecule has 1 aromatic heterocycles. The van der Waals surface area contributed by atoms with Crippen LogP contribution in [0.2, 0.25) is 0 Å². The predicted molar refractivity (Wildman–Crippen MR) is 53.6 cm³/mol. The van der Waals surface area contributed by atoms with Crippen LogP contribution in [0, 0.1) is 6.92 Å². The van der Waals surface area contributed by atoms with Gasteiger partial charge in [-0.05, 0) is 19.1 Å². The summed E-state index contributed by atoms with van der Waals surface area (Å²) >= 11 is 0. The zero-order valence-corrected chi connectivity index (χ0v) is 7.63. The molecule has 1 heterocycles. The van der Waals surface area contributed by atoms with Crippen LogP contribution in [0.3, 0.4) is 0 Å². The zero-order chi connectivity index (χ0) is 8.72. The Hall–Kier alpha value is -1.25. The van der Waals surface area contributed by atoms with Gasteiger partial charge in [0, 0.05) is 7.05 Å². The number of benzene rings is 1. The van der Waals surface area contributed by atoms with Crippen molar-refractivity contribution in [1.29, 1.82) is 0 Å². The van der Waals surface area contributed by atoms with Gasteiger partial charge in [0.15, 0.2) is 0 Å². The summed E-state index contributed by atoms with van der Waals surface area (Å²) in [6, 6.07) is 6.34. The van der Waals surface area contributed by atoms with Crippen LogP contribution in [-0.4, -0.2) is 17.4 Å². The molecular weight excluding hydrogens is 147 g/mol. The highest BCUT2D eigenvalue weighted by Crippen LogP contribution is 2.11. The number of aryl methyl sites for hydroxylation is 2. The van der Waals surface area contributed by atoms with Crippen LogP contribution in [0.1, 0.15) is 5.82 Å². The molecule has 0 aliphatic heterocycles. The largest absolute Gasteiger partial charge is 0.331 e. The number of aromatic nitrogens is 2. The SMILES string of the molecule is Bc1ccc2c(c1)nc(C)n2C. The van der Waals surface area contributed by atoms with Gasteiger partial charge in [0.1, 0.15) is 13.7 Å². The van der Waals surface area contributed by atoms with Crippen LogP contribution in [0.25, 0.3) is 11.0 Å². The number of rotatable bonds is 0. The Labute approximate surface area is 72.6 Å². The first kappa shape index (κ1) is 7.41. The van der Waals surface area contributed by atoms with Crippen molar-refractivity contribution in [3.8, 4) is 0 Å². The Morgan fingerprint density at radius 3 is 2.92 bits per heavy atom. The minimum absolute atomic E-state index is 1.07. The maximum absolute atomic E-state index is 4.44. The van der Waals surface area contributed by atoms with Crippen molar-refractivity contribution in [2.75, 3.05) is 0 Å². The Morgan fingerprint density at radius 1 is 1.42 bits per heavy atom. The van der Waals surface area contributed by atoms with Crippen LogP contribution in [0.15, 0.2) is 18.2 Å². The second kappa shape index (κ2) is 2.37. The molecule has 0 radical (unpaired) electrons. The lowest BCUT2D eigenvalue weighted by atomic mass is 9.96. The van der Waals surface area contributed by atoms with Crippen LogP contribution in [0.4, 0.5) is 0 Å². The van der Waals surface area contributed by atoms with Gasteiger partial charge >= 0.3 is 0 Å². The summed E-state index contributed by atoms with van der Waals surface area (Å²) in [6.07, 6.45) is 0. The molecule has 0 amide bonds. The minimum atomic E-state index is 1.07. The molecule has 2 nitrogen and oxygen atoms in total. The van der Waals surface area contributed by atoms with E-state index in [1.54, 1.807) is 0 Å². The second-order valence-corrected chi connectivity index (χ2v) is 3.21. The smallest absolute Gasteiger partial charge is 0.139 e. The third-order valence-corrected chi connectivity index (χ3v) is 2.26. The van der Waals surface area contributed by atoms with Gasteiger partial charge in [0.2, 0.25) is 0 Å². The van der Waals surface area contributed by atoms with Gasteiger partial charge in [-0.2, -0.15) is 0 Å². The maximum Gasteiger partial charge on any atom is 0.139 e. The third-order valence-electron chi connectivity index (χ3n) is 2.26. The van der Waals surface area contributed by atoms with Gasteiger partial charge < -0.3 is 4.57 Å². The molecule has 2 rings (SSSR count). The fraction of sp³-hybridized carbons (Fsp3) is 0.222. The summed E-state index contributed by atoms with van der Waals surface area (Å²) < 4.78 is 2.11. The highest BCUT2D eigenvalue weighted by atomic mass is 15.0. The van der Waals surface area contributed by atoms with Crippen molar-refractivity contribution < 1.29 is 0 Å². The van der Waals surface area contributed by atoms with Crippen molar-refractivity contribution in [2.45, 2.75) is 6.92 Å². The second-order valence-electron chi connectivity index (χ2n) is 3.21. The Balaban J connectivity index is 2.87. The average molecular weight is 158 g/mol. The van der Waals surface area contributed by atoms with Crippen LogP contribution in [0.5, 0.6) is 0 Å². The predicted octanol–water partition coefficient (Wildman–Crippen LogP) is 0.140. The lowest BCUT2D eigenvalue weighted by Gasteiger charge is -1.95. The highest BCUT2D eigenvalue weighted by molar-refractivity contribution is 6.33. The molecule has 0 fully saturated rings. The van der Waals surface area contributed by atoms with E-state index in [0.717, 1.165) is 11.3 Å². The van der Waals surface area contributed by atoms with Crippen molar-refractivity contribution >= 4 is 24.3 Å². The third kappa shape index (κ3) is 0.933. The normalized spacial score (nSPS) is 10.8. The van der Waals surface area contributed by atoms with Crippen molar-refractivity contribution in [3.63, 3.8) is 0 Å². The van der Waals surface area contributed by atoms with E-state index in [4.69, 9.17) is 0 Å². The molecule has 1 aromatic carbocycles. The van der Waals surface area contributed by atoms with Crippen molar-refractivity contribution in [1.82, 2.24) is 9.55 Å². The number of fused-ring (bicyclic) bond motifs is 1. The Bertz CT molecular complexity index is 431. The fourth-order valence-electron chi connectivity index (χ4n) is 1.43. The molecule has 0 aliphatic rings. The summed E-state index contributed by atoms with van der Waals surface area (Å²) in [5.41, 5.74) is 3.56. The van der Waals surface area contributed by atoms with Crippen molar-refractivity contribution in [2.24, 2.45) is 7.05 Å². The van der Waals surface area contributed by atoms with Gasteiger partial charge in [-0.1, -0.05) is 11.5 Å². The monoisotopic (exact) mass is 158 g/mol. The van der Waals surface area contributed by atoms with E-state index >= 15 is 0 Å². The van der Waals surface area contributed by atoms with E-state index in [2.05, 4.69) is 35.6 Å². The zero-order valence-electron chi connectivity index (χ0n) is 7.63. The first-order valence-corrected chi connectivity index (χ1v) is 4.08. The molecule has 60 valence electrons.